The number of nitrogens with zero attached hydrogens (tertiary/aromatic N) is 2. The SMILES string of the molecule is NC(C(=O)N1CCC(C(=O)Nc2ccc3[nH]ncc3c2)CC1)c1cccc(Br)c1.O=C(O)C(F)(F)F. The standard InChI is InChI=1S/C21H22BrN5O2.C2HF3O2/c22-16-3-1-2-14(10-16)19(23)21(29)27-8-6-13(7-9-27)20(28)25-17-4-5-18-15(11-17)12-24-26-18;3-2(4,5)1(6)7/h1-5,10-13,19H,6-9,23H2,(H,24,26)(H,25,28);(H,6,7). The molecule has 2 heterocycles. The number of carbonyl (C=O) groups is 3. The van der Waals surface area contributed by atoms with Crippen molar-refractivity contribution in [2.45, 2.75) is 25.1 Å². The zero-order valence-corrected chi connectivity index (χ0v) is 20.3. The Hall–Kier alpha value is -3.45. The second-order valence-electron chi connectivity index (χ2n) is 8.10. The largest absolute Gasteiger partial charge is 0.490 e. The summed E-state index contributed by atoms with van der Waals surface area (Å²) < 4.78 is 32.6. The van der Waals surface area contributed by atoms with Crippen LogP contribution in [0.2, 0.25) is 0 Å². The highest BCUT2D eigenvalue weighted by Crippen LogP contribution is 2.24. The summed E-state index contributed by atoms with van der Waals surface area (Å²) in [5.74, 6) is -3.00. The first-order chi connectivity index (χ1) is 17.0. The van der Waals surface area contributed by atoms with Gasteiger partial charge in [0.1, 0.15) is 6.04 Å². The second-order valence-corrected chi connectivity index (χ2v) is 9.01. The van der Waals surface area contributed by atoms with E-state index in [9.17, 15) is 22.8 Å². The molecule has 13 heteroatoms. The smallest absolute Gasteiger partial charge is 0.475 e. The van der Waals surface area contributed by atoms with Crippen molar-refractivity contribution in [3.05, 3.63) is 58.7 Å². The van der Waals surface area contributed by atoms with E-state index in [0.717, 1.165) is 26.6 Å². The van der Waals surface area contributed by atoms with E-state index >= 15 is 0 Å². The van der Waals surface area contributed by atoms with E-state index in [1.165, 1.54) is 0 Å². The van der Waals surface area contributed by atoms with Crippen LogP contribution in [0.5, 0.6) is 0 Å². The molecule has 1 fully saturated rings. The number of amides is 2. The summed E-state index contributed by atoms with van der Waals surface area (Å²) >= 11 is 3.41. The molecule has 1 aromatic heterocycles. The molecule has 0 radical (unpaired) electrons. The molecule has 36 heavy (non-hydrogen) atoms. The number of benzene rings is 2. The number of nitrogens with two attached hydrogens (primary N) is 1. The van der Waals surface area contributed by atoms with Gasteiger partial charge in [0.25, 0.3) is 0 Å². The molecule has 0 saturated carbocycles. The Balaban J connectivity index is 0.000000454. The number of hydrogen-bond donors (Lipinski definition) is 4. The zero-order valence-electron chi connectivity index (χ0n) is 18.8. The average Bonchev–Trinajstić information content (AvgIpc) is 3.31. The summed E-state index contributed by atoms with van der Waals surface area (Å²) in [4.78, 5) is 36.0. The Morgan fingerprint density at radius 1 is 1.17 bits per heavy atom. The topological polar surface area (TPSA) is 141 Å². The number of H-pyrrole nitrogens is 1. The number of carboxylic acid groups (broad SMARTS) is 1. The van der Waals surface area contributed by atoms with Crippen LogP contribution in [0.15, 0.2) is 53.1 Å². The van der Waals surface area contributed by atoms with Gasteiger partial charge in [-0.2, -0.15) is 18.3 Å². The van der Waals surface area contributed by atoms with Crippen molar-refractivity contribution in [2.24, 2.45) is 11.7 Å². The molecule has 0 spiro atoms. The molecule has 2 aromatic carbocycles. The Morgan fingerprint density at radius 3 is 2.44 bits per heavy atom. The summed E-state index contributed by atoms with van der Waals surface area (Å²) in [6.45, 7) is 1.05. The summed E-state index contributed by atoms with van der Waals surface area (Å²) in [5, 5.41) is 17.9. The van der Waals surface area contributed by atoms with E-state index in [1.807, 2.05) is 42.5 Å². The van der Waals surface area contributed by atoms with Gasteiger partial charge in [-0.15, -0.1) is 0 Å². The third kappa shape index (κ3) is 7.04. The molecule has 0 bridgehead atoms. The van der Waals surface area contributed by atoms with Crippen LogP contribution in [-0.4, -0.2) is 57.3 Å². The molecule has 2 amide bonds. The van der Waals surface area contributed by atoms with E-state index in [-0.39, 0.29) is 17.7 Å². The number of aromatic nitrogens is 2. The van der Waals surface area contributed by atoms with Gasteiger partial charge in [-0.1, -0.05) is 28.1 Å². The number of hydrogen-bond acceptors (Lipinski definition) is 5. The number of alkyl halides is 3. The van der Waals surface area contributed by atoms with Crippen molar-refractivity contribution in [1.29, 1.82) is 0 Å². The van der Waals surface area contributed by atoms with Gasteiger partial charge >= 0.3 is 12.1 Å². The summed E-state index contributed by atoms with van der Waals surface area (Å²) in [6.07, 6.45) is -2.11. The molecule has 1 atom stereocenters. The monoisotopic (exact) mass is 569 g/mol. The minimum Gasteiger partial charge on any atom is -0.475 e. The number of rotatable bonds is 4. The quantitative estimate of drug-likeness (QED) is 0.376. The molecule has 1 unspecified atom stereocenters. The molecular formula is C23H23BrF3N5O4. The number of piperidine rings is 1. The molecule has 0 aliphatic carbocycles. The molecule has 192 valence electrons. The highest BCUT2D eigenvalue weighted by atomic mass is 79.9. The van der Waals surface area contributed by atoms with Crippen molar-refractivity contribution in [3.8, 4) is 0 Å². The minimum absolute atomic E-state index is 0.0174. The predicted molar refractivity (Wildman–Crippen MR) is 129 cm³/mol. The van der Waals surface area contributed by atoms with Crippen LogP contribution in [0.3, 0.4) is 0 Å². The van der Waals surface area contributed by atoms with Crippen LogP contribution in [0.4, 0.5) is 18.9 Å². The molecule has 3 aromatic rings. The third-order valence-corrected chi connectivity index (χ3v) is 6.09. The normalized spacial score (nSPS) is 15.1. The van der Waals surface area contributed by atoms with E-state index in [4.69, 9.17) is 15.6 Å². The average molecular weight is 570 g/mol. The highest BCUT2D eigenvalue weighted by Gasteiger charge is 2.38. The maximum atomic E-state index is 12.8. The second kappa shape index (κ2) is 11.5. The fourth-order valence-corrected chi connectivity index (χ4v) is 4.08. The first-order valence-corrected chi connectivity index (χ1v) is 11.6. The summed E-state index contributed by atoms with van der Waals surface area (Å²) in [6, 6.07) is 12.4. The van der Waals surface area contributed by atoms with Gasteiger partial charge in [0.2, 0.25) is 11.8 Å². The van der Waals surface area contributed by atoms with Crippen LogP contribution in [0, 0.1) is 5.92 Å². The van der Waals surface area contributed by atoms with E-state index in [2.05, 4.69) is 31.4 Å². The van der Waals surface area contributed by atoms with Crippen LogP contribution in [0.1, 0.15) is 24.4 Å². The number of aromatic amines is 1. The Kier molecular flexibility index (Phi) is 8.69. The van der Waals surface area contributed by atoms with Gasteiger partial charge in [0.05, 0.1) is 11.7 Å². The summed E-state index contributed by atoms with van der Waals surface area (Å²) in [7, 11) is 0. The Morgan fingerprint density at radius 2 is 1.83 bits per heavy atom. The zero-order chi connectivity index (χ0) is 26.5. The molecular weight excluding hydrogens is 547 g/mol. The van der Waals surface area contributed by atoms with Crippen molar-refractivity contribution in [2.75, 3.05) is 18.4 Å². The van der Waals surface area contributed by atoms with Gasteiger partial charge in [0, 0.05) is 34.6 Å². The lowest BCUT2D eigenvalue weighted by atomic mass is 9.94. The molecule has 1 aliphatic rings. The maximum absolute atomic E-state index is 12.8. The molecule has 1 aliphatic heterocycles. The fraction of sp³-hybridized carbons (Fsp3) is 0.304. The number of halogens is 4. The van der Waals surface area contributed by atoms with E-state index in [0.29, 0.717) is 25.9 Å². The Labute approximate surface area is 212 Å². The van der Waals surface area contributed by atoms with Gasteiger partial charge in [-0.3, -0.25) is 14.7 Å². The highest BCUT2D eigenvalue weighted by molar-refractivity contribution is 9.10. The number of carbonyl (C=O) groups excluding carboxylic acids is 2. The third-order valence-electron chi connectivity index (χ3n) is 5.60. The fourth-order valence-electron chi connectivity index (χ4n) is 3.67. The van der Waals surface area contributed by atoms with Crippen LogP contribution in [0.25, 0.3) is 10.9 Å². The van der Waals surface area contributed by atoms with Crippen molar-refractivity contribution < 1.29 is 32.7 Å². The van der Waals surface area contributed by atoms with E-state index in [1.54, 1.807) is 11.1 Å². The minimum atomic E-state index is -5.08. The number of carboxylic acids is 1. The van der Waals surface area contributed by atoms with Gasteiger partial charge < -0.3 is 21.1 Å². The lowest BCUT2D eigenvalue weighted by molar-refractivity contribution is -0.192. The maximum Gasteiger partial charge on any atom is 0.490 e. The summed E-state index contributed by atoms with van der Waals surface area (Å²) in [5.41, 5.74) is 8.63. The van der Waals surface area contributed by atoms with Gasteiger partial charge in [0.15, 0.2) is 0 Å². The van der Waals surface area contributed by atoms with E-state index < -0.39 is 18.2 Å². The van der Waals surface area contributed by atoms with Crippen LogP contribution >= 0.6 is 15.9 Å². The molecule has 5 N–H and O–H groups in total. The Bertz CT molecular complexity index is 1240. The molecule has 1 saturated heterocycles. The number of aliphatic carboxylic acids is 1. The van der Waals surface area contributed by atoms with Crippen molar-refractivity contribution in [1.82, 2.24) is 15.1 Å². The van der Waals surface area contributed by atoms with Crippen molar-refractivity contribution in [3.63, 3.8) is 0 Å². The molecule has 9 nitrogen and oxygen atoms in total. The van der Waals surface area contributed by atoms with Crippen LogP contribution < -0.4 is 11.1 Å². The van der Waals surface area contributed by atoms with Gasteiger partial charge in [-0.25, -0.2) is 4.79 Å². The number of anilines is 1. The van der Waals surface area contributed by atoms with Crippen LogP contribution in [-0.2, 0) is 14.4 Å². The molecule has 4 rings (SSSR count). The predicted octanol–water partition coefficient (Wildman–Crippen LogP) is 3.84. The van der Waals surface area contributed by atoms with Gasteiger partial charge in [-0.05, 0) is 48.7 Å². The first kappa shape index (κ1) is 27.1. The lowest BCUT2D eigenvalue weighted by Crippen LogP contribution is -2.45. The van der Waals surface area contributed by atoms with Crippen molar-refractivity contribution >= 4 is 50.3 Å². The number of nitrogens with one attached hydrogen (secondary N) is 2. The number of fused-ring (bicyclic) bond motifs is 1. The lowest BCUT2D eigenvalue weighted by Gasteiger charge is -2.33. The first-order valence-electron chi connectivity index (χ1n) is 10.8. The number of likely N-dealkylation sites (tertiary alicyclic amines) is 1.